The lowest BCUT2D eigenvalue weighted by Gasteiger charge is -2.39. The Morgan fingerprint density at radius 3 is 2.68 bits per heavy atom. The van der Waals surface area contributed by atoms with Crippen molar-refractivity contribution in [2.75, 3.05) is 32.8 Å². The Morgan fingerprint density at radius 2 is 2.05 bits per heavy atom. The number of ether oxygens (including phenoxy) is 1. The van der Waals surface area contributed by atoms with Gasteiger partial charge in [0.2, 0.25) is 5.91 Å². The van der Waals surface area contributed by atoms with Crippen LogP contribution in [0.25, 0.3) is 0 Å². The maximum Gasteiger partial charge on any atom is 0.317 e. The predicted molar refractivity (Wildman–Crippen MR) is 82.5 cm³/mol. The summed E-state index contributed by atoms with van der Waals surface area (Å²) in [5.74, 6) is 0.293. The van der Waals surface area contributed by atoms with Gasteiger partial charge >= 0.3 is 6.03 Å². The summed E-state index contributed by atoms with van der Waals surface area (Å²) in [7, 11) is 0. The Balaban J connectivity index is 1.54. The minimum Gasteiger partial charge on any atom is -0.377 e. The molecule has 0 aromatic heterocycles. The Labute approximate surface area is 132 Å². The molecule has 0 bridgehead atoms. The first kappa shape index (κ1) is 15.6. The van der Waals surface area contributed by atoms with Crippen molar-refractivity contribution in [2.45, 2.75) is 51.2 Å². The third kappa shape index (κ3) is 3.07. The van der Waals surface area contributed by atoms with Crippen LogP contribution < -0.4 is 5.32 Å². The zero-order chi connectivity index (χ0) is 15.5. The Bertz CT molecular complexity index is 421. The van der Waals surface area contributed by atoms with Crippen LogP contribution in [0.1, 0.15) is 39.0 Å². The molecule has 3 fully saturated rings. The third-order valence-corrected chi connectivity index (χ3v) is 5.27. The molecule has 0 aromatic rings. The summed E-state index contributed by atoms with van der Waals surface area (Å²) in [6, 6.07) is 0.340. The second-order valence-electron chi connectivity index (χ2n) is 6.55. The van der Waals surface area contributed by atoms with Crippen LogP contribution in [0, 0.1) is 5.92 Å². The molecule has 0 radical (unpaired) electrons. The molecular formula is C16H27N3O3. The first-order chi connectivity index (χ1) is 10.7. The molecule has 3 rings (SSSR count). The van der Waals surface area contributed by atoms with Gasteiger partial charge in [-0.3, -0.25) is 4.79 Å². The van der Waals surface area contributed by atoms with Gasteiger partial charge in [-0.2, -0.15) is 0 Å². The molecule has 6 heteroatoms. The molecule has 124 valence electrons. The second kappa shape index (κ2) is 6.86. The molecule has 0 unspecified atom stereocenters. The van der Waals surface area contributed by atoms with Crippen LogP contribution >= 0.6 is 0 Å². The molecule has 0 aromatic carbocycles. The van der Waals surface area contributed by atoms with Gasteiger partial charge in [-0.1, -0.05) is 6.92 Å². The van der Waals surface area contributed by atoms with E-state index in [4.69, 9.17) is 4.74 Å². The Kier molecular flexibility index (Phi) is 4.86. The first-order valence-corrected chi connectivity index (χ1v) is 8.65. The smallest absolute Gasteiger partial charge is 0.317 e. The number of hydrogen-bond acceptors (Lipinski definition) is 3. The number of amides is 3. The highest BCUT2D eigenvalue weighted by atomic mass is 16.5. The quantitative estimate of drug-likeness (QED) is 0.852. The van der Waals surface area contributed by atoms with Crippen LogP contribution in [-0.2, 0) is 9.53 Å². The number of rotatable bonds is 3. The fraction of sp³-hybridized carbons (Fsp3) is 0.875. The molecule has 6 nitrogen and oxygen atoms in total. The van der Waals surface area contributed by atoms with E-state index in [2.05, 4.69) is 12.2 Å². The summed E-state index contributed by atoms with van der Waals surface area (Å²) in [4.78, 5) is 28.4. The van der Waals surface area contributed by atoms with E-state index >= 15 is 0 Å². The van der Waals surface area contributed by atoms with Gasteiger partial charge in [-0.05, 0) is 32.1 Å². The summed E-state index contributed by atoms with van der Waals surface area (Å²) < 4.78 is 5.76. The number of piperidine rings is 1. The number of hydrogen-bond donors (Lipinski definition) is 1. The zero-order valence-corrected chi connectivity index (χ0v) is 13.4. The topological polar surface area (TPSA) is 61.9 Å². The molecule has 3 heterocycles. The van der Waals surface area contributed by atoms with Gasteiger partial charge in [0.05, 0.1) is 12.0 Å². The van der Waals surface area contributed by atoms with E-state index in [0.29, 0.717) is 0 Å². The van der Waals surface area contributed by atoms with Crippen LogP contribution in [0.4, 0.5) is 4.79 Å². The molecule has 1 N–H and O–H groups in total. The molecule has 3 amide bonds. The summed E-state index contributed by atoms with van der Waals surface area (Å²) in [5, 5.41) is 2.86. The molecule has 0 saturated carbocycles. The van der Waals surface area contributed by atoms with Crippen molar-refractivity contribution in [1.29, 1.82) is 0 Å². The number of carbonyl (C=O) groups is 2. The maximum absolute atomic E-state index is 12.8. The van der Waals surface area contributed by atoms with E-state index in [-0.39, 0.29) is 30.0 Å². The highest BCUT2D eigenvalue weighted by Crippen LogP contribution is 2.27. The fourth-order valence-corrected chi connectivity index (χ4v) is 3.99. The van der Waals surface area contributed by atoms with Crippen LogP contribution in [0.15, 0.2) is 0 Å². The van der Waals surface area contributed by atoms with Gasteiger partial charge in [0.1, 0.15) is 0 Å². The van der Waals surface area contributed by atoms with Gasteiger partial charge in [-0.15, -0.1) is 0 Å². The van der Waals surface area contributed by atoms with Crippen molar-refractivity contribution in [2.24, 2.45) is 5.92 Å². The summed E-state index contributed by atoms with van der Waals surface area (Å²) in [6.07, 6.45) is 4.71. The number of nitrogens with zero attached hydrogens (tertiary/aromatic N) is 2. The van der Waals surface area contributed by atoms with Gasteiger partial charge < -0.3 is 19.9 Å². The van der Waals surface area contributed by atoms with E-state index in [1.54, 1.807) is 0 Å². The largest absolute Gasteiger partial charge is 0.377 e. The van der Waals surface area contributed by atoms with Crippen molar-refractivity contribution < 1.29 is 14.3 Å². The number of urea groups is 1. The maximum atomic E-state index is 12.8. The Hall–Kier alpha value is -1.30. The molecule has 2 atom stereocenters. The average Bonchev–Trinajstić information content (AvgIpc) is 3.00. The summed E-state index contributed by atoms with van der Waals surface area (Å²) in [5.41, 5.74) is 0. The van der Waals surface area contributed by atoms with Crippen molar-refractivity contribution in [3.63, 3.8) is 0 Å². The van der Waals surface area contributed by atoms with Gasteiger partial charge in [0.15, 0.2) is 0 Å². The third-order valence-electron chi connectivity index (χ3n) is 5.27. The lowest BCUT2D eigenvalue weighted by atomic mass is 9.90. The van der Waals surface area contributed by atoms with E-state index in [0.717, 1.165) is 64.9 Å². The van der Waals surface area contributed by atoms with E-state index in [1.165, 1.54) is 0 Å². The second-order valence-corrected chi connectivity index (χ2v) is 6.55. The SMILES string of the molecule is CC[C@H]1OCCC[C@@H]1C(=O)N1CCC(N2CCNC2=O)CC1. The first-order valence-electron chi connectivity index (χ1n) is 8.65. The van der Waals surface area contributed by atoms with Crippen LogP contribution in [0.5, 0.6) is 0 Å². The normalized spacial score (nSPS) is 30.5. The minimum atomic E-state index is 0.0328. The molecule has 3 aliphatic rings. The van der Waals surface area contributed by atoms with Crippen LogP contribution in [0.2, 0.25) is 0 Å². The highest BCUT2D eigenvalue weighted by molar-refractivity contribution is 5.80. The molecule has 3 saturated heterocycles. The van der Waals surface area contributed by atoms with Crippen molar-refractivity contribution in [3.8, 4) is 0 Å². The van der Waals surface area contributed by atoms with E-state index < -0.39 is 0 Å². The van der Waals surface area contributed by atoms with Crippen molar-refractivity contribution >= 4 is 11.9 Å². The van der Waals surface area contributed by atoms with E-state index in [9.17, 15) is 9.59 Å². The molecule has 3 aliphatic heterocycles. The lowest BCUT2D eigenvalue weighted by molar-refractivity contribution is -0.146. The molecule has 22 heavy (non-hydrogen) atoms. The average molecular weight is 309 g/mol. The number of carbonyl (C=O) groups excluding carboxylic acids is 2. The monoisotopic (exact) mass is 309 g/mol. The molecule has 0 spiro atoms. The van der Waals surface area contributed by atoms with Gasteiger partial charge in [0, 0.05) is 38.8 Å². The van der Waals surface area contributed by atoms with Gasteiger partial charge in [0.25, 0.3) is 0 Å². The number of nitrogens with one attached hydrogen (secondary N) is 1. The molecular weight excluding hydrogens is 282 g/mol. The standard InChI is InChI=1S/C16H27N3O3/c1-2-14-13(4-3-11-22-14)15(20)18-8-5-12(6-9-18)19-10-7-17-16(19)21/h12-14H,2-11H2,1H3,(H,17,21)/t13-,14+/m0/s1. The Morgan fingerprint density at radius 1 is 1.27 bits per heavy atom. The predicted octanol–water partition coefficient (Wildman–Crippen LogP) is 1.21. The zero-order valence-electron chi connectivity index (χ0n) is 13.4. The number of likely N-dealkylation sites (tertiary alicyclic amines) is 1. The van der Waals surface area contributed by atoms with Crippen molar-refractivity contribution in [3.05, 3.63) is 0 Å². The van der Waals surface area contributed by atoms with E-state index in [1.807, 2.05) is 9.80 Å². The molecule has 0 aliphatic carbocycles. The summed E-state index contributed by atoms with van der Waals surface area (Å²) >= 11 is 0. The van der Waals surface area contributed by atoms with Crippen LogP contribution in [-0.4, -0.2) is 66.7 Å². The minimum absolute atomic E-state index is 0.0328. The summed E-state index contributed by atoms with van der Waals surface area (Å²) in [6.45, 7) is 5.95. The van der Waals surface area contributed by atoms with Crippen molar-refractivity contribution in [1.82, 2.24) is 15.1 Å². The van der Waals surface area contributed by atoms with Gasteiger partial charge in [-0.25, -0.2) is 4.79 Å². The lowest BCUT2D eigenvalue weighted by Crippen LogP contribution is -2.51. The fourth-order valence-electron chi connectivity index (χ4n) is 3.99. The highest BCUT2D eigenvalue weighted by Gasteiger charge is 2.37. The van der Waals surface area contributed by atoms with Crippen LogP contribution in [0.3, 0.4) is 0 Å².